The van der Waals surface area contributed by atoms with Crippen molar-refractivity contribution in [2.45, 2.75) is 26.1 Å². The maximum Gasteiger partial charge on any atom is 0.0729 e. The molecule has 0 N–H and O–H groups in total. The van der Waals surface area contributed by atoms with Gasteiger partial charge in [0.2, 0.25) is 0 Å². The Morgan fingerprint density at radius 2 is 1.52 bits per heavy atom. The average molecular weight is 343 g/mol. The van der Waals surface area contributed by atoms with Crippen molar-refractivity contribution in [1.82, 2.24) is 9.97 Å². The van der Waals surface area contributed by atoms with E-state index in [1.54, 1.807) is 5.20 Å². The first-order chi connectivity index (χ1) is 12.0. The minimum Gasteiger partial charge on any atom is -0.256 e. The Balaban J connectivity index is 1.92. The van der Waals surface area contributed by atoms with Gasteiger partial charge in [-0.05, 0) is 53.9 Å². The summed E-state index contributed by atoms with van der Waals surface area (Å²) >= 11 is 0. The predicted octanol–water partition coefficient (Wildman–Crippen LogP) is 5.63. The molecule has 0 atom stereocenters. The van der Waals surface area contributed by atoms with Crippen molar-refractivity contribution in [3.63, 3.8) is 0 Å². The van der Waals surface area contributed by atoms with E-state index in [0.29, 0.717) is 0 Å². The number of nitrogens with zero attached hydrogens (tertiary/aromatic N) is 2. The van der Waals surface area contributed by atoms with Gasteiger partial charge in [-0.1, -0.05) is 43.0 Å². The summed E-state index contributed by atoms with van der Waals surface area (Å²) < 4.78 is 0. The van der Waals surface area contributed by atoms with Crippen molar-refractivity contribution in [1.29, 1.82) is 0 Å². The minimum absolute atomic E-state index is 1.02. The van der Waals surface area contributed by atoms with E-state index in [4.69, 9.17) is 0 Å². The second-order valence-corrected chi connectivity index (χ2v) is 12.8. The van der Waals surface area contributed by atoms with Gasteiger partial charge in [-0.25, -0.2) is 0 Å². The van der Waals surface area contributed by atoms with Gasteiger partial charge in [-0.15, -0.1) is 0 Å². The number of hydrogen-bond donors (Lipinski definition) is 0. The van der Waals surface area contributed by atoms with Crippen LogP contribution in [-0.4, -0.2) is 18.0 Å². The molecule has 0 radical (unpaired) electrons. The lowest BCUT2D eigenvalue weighted by molar-refractivity contribution is 1.24. The summed E-state index contributed by atoms with van der Waals surface area (Å²) in [7, 11) is -1.32. The van der Waals surface area contributed by atoms with Crippen molar-refractivity contribution in [2.75, 3.05) is 0 Å². The normalized spacial score (nSPS) is 13.5. The molecule has 0 bridgehead atoms. The Bertz CT molecular complexity index is 939. The Morgan fingerprint density at radius 3 is 2.12 bits per heavy atom. The SMILES string of the molecule is C[Si](C)(C)C1=Cc2c(cc(-c3ccccn3)cc2-c2ccccn2)C1. The predicted molar refractivity (Wildman–Crippen MR) is 108 cm³/mol. The van der Waals surface area contributed by atoms with Gasteiger partial charge in [0.15, 0.2) is 0 Å². The summed E-state index contributed by atoms with van der Waals surface area (Å²) in [6, 6.07) is 16.8. The number of rotatable bonds is 3. The molecule has 2 nitrogen and oxygen atoms in total. The first-order valence-corrected chi connectivity index (χ1v) is 12.2. The van der Waals surface area contributed by atoms with Gasteiger partial charge in [0.1, 0.15) is 0 Å². The number of aromatic nitrogens is 2. The van der Waals surface area contributed by atoms with E-state index < -0.39 is 8.07 Å². The minimum atomic E-state index is -1.32. The van der Waals surface area contributed by atoms with E-state index in [9.17, 15) is 0 Å². The Labute approximate surface area is 150 Å². The summed E-state index contributed by atoms with van der Waals surface area (Å²) in [5, 5.41) is 1.61. The van der Waals surface area contributed by atoms with Crippen molar-refractivity contribution < 1.29 is 0 Å². The molecule has 0 amide bonds. The fraction of sp³-hybridized carbons (Fsp3) is 0.182. The van der Waals surface area contributed by atoms with E-state index in [1.807, 2.05) is 30.6 Å². The largest absolute Gasteiger partial charge is 0.256 e. The number of benzene rings is 1. The zero-order valence-electron chi connectivity index (χ0n) is 15.0. The maximum atomic E-state index is 4.61. The van der Waals surface area contributed by atoms with Gasteiger partial charge in [-0.2, -0.15) is 0 Å². The second kappa shape index (κ2) is 6.08. The molecule has 2 aromatic heterocycles. The van der Waals surface area contributed by atoms with Crippen LogP contribution >= 0.6 is 0 Å². The average Bonchev–Trinajstić information content (AvgIpc) is 3.07. The van der Waals surface area contributed by atoms with Crippen molar-refractivity contribution >= 4 is 14.1 Å². The number of allylic oxidation sites excluding steroid dienone is 1. The summed E-state index contributed by atoms with van der Waals surface area (Å²) in [5.74, 6) is 0. The van der Waals surface area contributed by atoms with E-state index in [2.05, 4.69) is 66.0 Å². The molecule has 0 unspecified atom stereocenters. The third kappa shape index (κ3) is 3.07. The van der Waals surface area contributed by atoms with Gasteiger partial charge >= 0.3 is 0 Å². The molecule has 4 rings (SSSR count). The molecule has 3 aromatic rings. The second-order valence-electron chi connectivity index (χ2n) is 7.62. The molecule has 0 fully saturated rings. The van der Waals surface area contributed by atoms with Gasteiger partial charge in [-0.3, -0.25) is 9.97 Å². The molecule has 2 heterocycles. The molecule has 0 spiro atoms. The fourth-order valence-corrected chi connectivity index (χ4v) is 4.66. The third-order valence-corrected chi connectivity index (χ3v) is 7.08. The van der Waals surface area contributed by atoms with Crippen LogP contribution in [0.4, 0.5) is 0 Å². The van der Waals surface area contributed by atoms with Crippen LogP contribution in [0.25, 0.3) is 28.6 Å². The summed E-state index contributed by atoms with van der Waals surface area (Å²) in [5.41, 5.74) is 7.18. The maximum absolute atomic E-state index is 4.61. The molecule has 3 heteroatoms. The van der Waals surface area contributed by atoms with Crippen LogP contribution in [0.15, 0.2) is 66.1 Å². The van der Waals surface area contributed by atoms with Crippen LogP contribution in [0.2, 0.25) is 19.6 Å². The standard InChI is InChI=1S/C22H22N2Si/c1-25(2,3)18-13-16-12-17(21-8-4-6-10-23-21)14-20(19(16)15-18)22-9-5-7-11-24-22/h4-12,14-15H,13H2,1-3H3. The topological polar surface area (TPSA) is 25.8 Å². The molecular weight excluding hydrogens is 320 g/mol. The molecule has 25 heavy (non-hydrogen) atoms. The smallest absolute Gasteiger partial charge is 0.0729 e. The van der Waals surface area contributed by atoms with E-state index in [1.165, 1.54) is 22.3 Å². The van der Waals surface area contributed by atoms with Gasteiger partial charge in [0.05, 0.1) is 19.5 Å². The monoisotopic (exact) mass is 342 g/mol. The highest BCUT2D eigenvalue weighted by Gasteiger charge is 2.27. The Kier molecular flexibility index (Phi) is 3.89. The summed E-state index contributed by atoms with van der Waals surface area (Å²) in [6.45, 7) is 7.26. The van der Waals surface area contributed by atoms with E-state index in [-0.39, 0.29) is 0 Å². The zero-order valence-corrected chi connectivity index (χ0v) is 16.0. The van der Waals surface area contributed by atoms with Crippen LogP contribution in [0.3, 0.4) is 0 Å². The lowest BCUT2D eigenvalue weighted by atomic mass is 9.95. The van der Waals surface area contributed by atoms with Gasteiger partial charge in [0.25, 0.3) is 0 Å². The fourth-order valence-electron chi connectivity index (χ4n) is 3.36. The van der Waals surface area contributed by atoms with E-state index >= 15 is 0 Å². The molecular formula is C22H22N2Si. The van der Waals surface area contributed by atoms with Crippen molar-refractivity contribution in [3.05, 3.63) is 77.2 Å². The van der Waals surface area contributed by atoms with Gasteiger partial charge < -0.3 is 0 Å². The lowest BCUT2D eigenvalue weighted by Gasteiger charge is -2.17. The van der Waals surface area contributed by atoms with Crippen LogP contribution in [0.1, 0.15) is 11.1 Å². The molecule has 0 aliphatic heterocycles. The van der Waals surface area contributed by atoms with Gasteiger partial charge in [0, 0.05) is 23.5 Å². The first-order valence-electron chi connectivity index (χ1n) is 8.73. The van der Waals surface area contributed by atoms with Crippen molar-refractivity contribution in [2.24, 2.45) is 0 Å². The summed E-state index contributed by atoms with van der Waals surface area (Å²) in [6.07, 6.45) is 7.21. The van der Waals surface area contributed by atoms with Crippen molar-refractivity contribution in [3.8, 4) is 22.5 Å². The summed E-state index contributed by atoms with van der Waals surface area (Å²) in [4.78, 5) is 9.16. The molecule has 1 aromatic carbocycles. The number of fused-ring (bicyclic) bond motifs is 1. The Morgan fingerprint density at radius 1 is 0.840 bits per heavy atom. The first kappa shape index (κ1) is 16.0. The molecule has 0 saturated carbocycles. The highest BCUT2D eigenvalue weighted by Crippen LogP contribution is 2.39. The van der Waals surface area contributed by atoms with Crippen LogP contribution in [0.5, 0.6) is 0 Å². The quantitative estimate of drug-likeness (QED) is 0.577. The Hall–Kier alpha value is -2.52. The zero-order chi connectivity index (χ0) is 17.4. The van der Waals surface area contributed by atoms with Crippen LogP contribution < -0.4 is 0 Å². The molecule has 0 saturated heterocycles. The highest BCUT2D eigenvalue weighted by atomic mass is 28.3. The molecule has 1 aliphatic rings. The highest BCUT2D eigenvalue weighted by molar-refractivity contribution is 6.83. The number of hydrogen-bond acceptors (Lipinski definition) is 2. The molecule has 1 aliphatic carbocycles. The number of pyridine rings is 2. The van der Waals surface area contributed by atoms with Crippen LogP contribution in [-0.2, 0) is 6.42 Å². The third-order valence-electron chi connectivity index (χ3n) is 4.83. The van der Waals surface area contributed by atoms with E-state index in [0.717, 1.165) is 17.8 Å². The van der Waals surface area contributed by atoms with Crippen LogP contribution in [0, 0.1) is 0 Å². The lowest BCUT2D eigenvalue weighted by Crippen LogP contribution is -2.23. The molecule has 124 valence electrons.